The summed E-state index contributed by atoms with van der Waals surface area (Å²) in [5, 5.41) is 0. The Hall–Kier alpha value is -0.843. The van der Waals surface area contributed by atoms with Gasteiger partial charge in [0.05, 0.1) is 15.2 Å². The smallest absolute Gasteiger partial charge is 0.118 e. The third-order valence-corrected chi connectivity index (χ3v) is 5.56. The van der Waals surface area contributed by atoms with Gasteiger partial charge in [0.25, 0.3) is 0 Å². The van der Waals surface area contributed by atoms with E-state index in [4.69, 9.17) is 4.74 Å². The molecular weight excluding hydrogens is 276 g/mol. The zero-order valence-electron chi connectivity index (χ0n) is 14.2. The van der Waals surface area contributed by atoms with Gasteiger partial charge in [0.15, 0.2) is 0 Å². The van der Waals surface area contributed by atoms with Crippen LogP contribution in [0.4, 0.5) is 0 Å². The van der Waals surface area contributed by atoms with Crippen molar-refractivity contribution in [2.24, 2.45) is 0 Å². The van der Waals surface area contributed by atoms with Crippen molar-refractivity contribution in [1.82, 2.24) is 9.80 Å². The predicted octanol–water partition coefficient (Wildman–Crippen LogP) is 3.25. The number of rotatable bonds is 5. The second-order valence-electron chi connectivity index (χ2n) is 7.21. The number of piperazine rings is 1. The molecule has 0 spiro atoms. The van der Waals surface area contributed by atoms with E-state index in [2.05, 4.69) is 60.6 Å². The summed E-state index contributed by atoms with van der Waals surface area (Å²) in [5.41, 5.74) is 1.42. The second-order valence-corrected chi connectivity index (χ2v) is 12.7. The first kappa shape index (κ1) is 16.5. The van der Waals surface area contributed by atoms with Gasteiger partial charge in [-0.1, -0.05) is 38.7 Å². The quantitative estimate of drug-likeness (QED) is 0.777. The van der Waals surface area contributed by atoms with E-state index in [0.717, 1.165) is 18.8 Å². The lowest BCUT2D eigenvalue weighted by Crippen LogP contribution is -2.52. The van der Waals surface area contributed by atoms with Gasteiger partial charge in [-0.05, 0) is 30.4 Å². The number of hydrogen-bond acceptors (Lipinski definition) is 3. The van der Waals surface area contributed by atoms with Crippen molar-refractivity contribution < 1.29 is 4.74 Å². The minimum atomic E-state index is -1.09. The Balaban J connectivity index is 2.19. The Morgan fingerprint density at radius 2 is 1.81 bits per heavy atom. The van der Waals surface area contributed by atoms with Gasteiger partial charge in [0.2, 0.25) is 0 Å². The first-order chi connectivity index (χ1) is 9.93. The average Bonchev–Trinajstić information content (AvgIpc) is 2.46. The summed E-state index contributed by atoms with van der Waals surface area (Å²) in [6.07, 6.45) is 1.28. The number of ether oxygens (including phenoxy) is 1. The zero-order chi connectivity index (χ0) is 15.5. The van der Waals surface area contributed by atoms with Crippen LogP contribution in [0, 0.1) is 0 Å². The van der Waals surface area contributed by atoms with Gasteiger partial charge in [-0.2, -0.15) is 0 Å². The van der Waals surface area contributed by atoms with Gasteiger partial charge in [0.1, 0.15) is 5.75 Å². The third kappa shape index (κ3) is 4.56. The molecule has 1 unspecified atom stereocenters. The van der Waals surface area contributed by atoms with Crippen LogP contribution in [0.5, 0.6) is 5.75 Å². The molecule has 0 saturated carbocycles. The summed E-state index contributed by atoms with van der Waals surface area (Å²) in [6, 6.07) is 9.18. The van der Waals surface area contributed by atoms with Gasteiger partial charge < -0.3 is 9.64 Å². The number of benzene rings is 1. The highest BCUT2D eigenvalue weighted by Gasteiger charge is 2.30. The molecule has 1 aliphatic rings. The molecule has 3 nitrogen and oxygen atoms in total. The predicted molar refractivity (Wildman–Crippen MR) is 92.8 cm³/mol. The monoisotopic (exact) mass is 306 g/mol. The number of hydrogen-bond donors (Lipinski definition) is 0. The summed E-state index contributed by atoms with van der Waals surface area (Å²) in [7, 11) is 0.642. The summed E-state index contributed by atoms with van der Waals surface area (Å²) >= 11 is 0. The second kappa shape index (κ2) is 6.94. The van der Waals surface area contributed by atoms with Gasteiger partial charge in [-0.3, -0.25) is 4.90 Å². The standard InChI is InChI=1S/C17H30N2OSi/c1-6-18-11-12-19(14-21(3,4)5)17(13-18)15-7-9-16(20-2)10-8-15/h7-10,17H,6,11-14H2,1-5H3. The van der Waals surface area contributed by atoms with E-state index < -0.39 is 8.07 Å². The van der Waals surface area contributed by atoms with Crippen LogP contribution in [-0.2, 0) is 0 Å². The van der Waals surface area contributed by atoms with Crippen molar-refractivity contribution in [1.29, 1.82) is 0 Å². The normalized spacial score (nSPS) is 21.5. The molecule has 0 radical (unpaired) electrons. The van der Waals surface area contributed by atoms with E-state index in [1.165, 1.54) is 24.8 Å². The van der Waals surface area contributed by atoms with E-state index in [0.29, 0.717) is 6.04 Å². The van der Waals surface area contributed by atoms with E-state index in [9.17, 15) is 0 Å². The van der Waals surface area contributed by atoms with Crippen molar-refractivity contribution in [3.8, 4) is 5.75 Å². The molecular formula is C17H30N2OSi. The van der Waals surface area contributed by atoms with E-state index >= 15 is 0 Å². The summed E-state index contributed by atoms with van der Waals surface area (Å²) in [5.74, 6) is 0.943. The maximum absolute atomic E-state index is 5.29. The van der Waals surface area contributed by atoms with Gasteiger partial charge >= 0.3 is 0 Å². The minimum absolute atomic E-state index is 0.524. The van der Waals surface area contributed by atoms with Crippen LogP contribution in [0.25, 0.3) is 0 Å². The molecule has 1 heterocycles. The van der Waals surface area contributed by atoms with Crippen molar-refractivity contribution in [2.75, 3.05) is 39.5 Å². The molecule has 118 valence electrons. The van der Waals surface area contributed by atoms with Crippen LogP contribution in [0.1, 0.15) is 18.5 Å². The molecule has 21 heavy (non-hydrogen) atoms. The highest BCUT2D eigenvalue weighted by molar-refractivity contribution is 6.76. The van der Waals surface area contributed by atoms with Gasteiger partial charge in [0, 0.05) is 25.7 Å². The van der Waals surface area contributed by atoms with Crippen molar-refractivity contribution >= 4 is 8.07 Å². The molecule has 0 N–H and O–H groups in total. The Morgan fingerprint density at radius 1 is 1.14 bits per heavy atom. The molecule has 0 aromatic heterocycles. The van der Waals surface area contributed by atoms with E-state index in [1.54, 1.807) is 7.11 Å². The van der Waals surface area contributed by atoms with Crippen LogP contribution < -0.4 is 4.74 Å². The number of nitrogens with zero attached hydrogens (tertiary/aromatic N) is 2. The SMILES string of the molecule is CCN1CCN(C[Si](C)(C)C)C(c2ccc(OC)cc2)C1. The van der Waals surface area contributed by atoms with E-state index in [1.807, 2.05) is 0 Å². The molecule has 1 saturated heterocycles. The fourth-order valence-corrected chi connectivity index (χ4v) is 4.70. The average molecular weight is 307 g/mol. The molecule has 1 fully saturated rings. The lowest BCUT2D eigenvalue weighted by atomic mass is 10.0. The van der Waals surface area contributed by atoms with Crippen LogP contribution in [0.2, 0.25) is 19.6 Å². The molecule has 1 aliphatic heterocycles. The summed E-state index contributed by atoms with van der Waals surface area (Å²) < 4.78 is 5.29. The molecule has 1 aromatic carbocycles. The topological polar surface area (TPSA) is 15.7 Å². The van der Waals surface area contributed by atoms with Gasteiger partial charge in [-0.15, -0.1) is 0 Å². The van der Waals surface area contributed by atoms with Crippen LogP contribution >= 0.6 is 0 Å². The van der Waals surface area contributed by atoms with Crippen molar-refractivity contribution in [3.63, 3.8) is 0 Å². The summed E-state index contributed by atoms with van der Waals surface area (Å²) in [6.45, 7) is 14.3. The fraction of sp³-hybridized carbons (Fsp3) is 0.647. The van der Waals surface area contributed by atoms with E-state index in [-0.39, 0.29) is 0 Å². The van der Waals surface area contributed by atoms with Crippen molar-refractivity contribution in [2.45, 2.75) is 32.6 Å². The third-order valence-electron chi connectivity index (χ3n) is 4.20. The first-order valence-electron chi connectivity index (χ1n) is 8.03. The maximum Gasteiger partial charge on any atom is 0.118 e. The number of likely N-dealkylation sites (N-methyl/N-ethyl adjacent to an activating group) is 1. The fourth-order valence-electron chi connectivity index (χ4n) is 3.11. The largest absolute Gasteiger partial charge is 0.497 e. The highest BCUT2D eigenvalue weighted by atomic mass is 28.3. The molecule has 0 aliphatic carbocycles. The Morgan fingerprint density at radius 3 is 2.33 bits per heavy atom. The molecule has 0 bridgehead atoms. The molecule has 0 amide bonds. The molecule has 2 rings (SSSR count). The minimum Gasteiger partial charge on any atom is -0.497 e. The van der Waals surface area contributed by atoms with Crippen LogP contribution in [0.3, 0.4) is 0 Å². The zero-order valence-corrected chi connectivity index (χ0v) is 15.2. The highest BCUT2D eigenvalue weighted by Crippen LogP contribution is 2.28. The lowest BCUT2D eigenvalue weighted by Gasteiger charge is -2.43. The van der Waals surface area contributed by atoms with Gasteiger partial charge in [-0.25, -0.2) is 0 Å². The summed E-state index contributed by atoms with van der Waals surface area (Å²) in [4.78, 5) is 5.27. The molecule has 1 aromatic rings. The van der Waals surface area contributed by atoms with Crippen molar-refractivity contribution in [3.05, 3.63) is 29.8 Å². The van der Waals surface area contributed by atoms with Crippen LogP contribution in [-0.4, -0.2) is 57.3 Å². The molecule has 1 atom stereocenters. The lowest BCUT2D eigenvalue weighted by molar-refractivity contribution is 0.0911. The Labute approximate surface area is 130 Å². The van der Waals surface area contributed by atoms with Crippen LogP contribution in [0.15, 0.2) is 24.3 Å². The number of methoxy groups -OCH3 is 1. The first-order valence-corrected chi connectivity index (χ1v) is 11.7. The Kier molecular flexibility index (Phi) is 5.46. The molecule has 4 heteroatoms. The maximum atomic E-state index is 5.29. The Bertz CT molecular complexity index is 441.